The Hall–Kier alpha value is -4.91. The summed E-state index contributed by atoms with van der Waals surface area (Å²) in [6, 6.07) is 14.4. The van der Waals surface area contributed by atoms with Gasteiger partial charge in [-0.3, -0.25) is 38.9 Å². The minimum atomic E-state index is -0.984. The van der Waals surface area contributed by atoms with E-state index in [0.29, 0.717) is 31.7 Å². The normalized spacial score (nSPS) is 18.3. The van der Waals surface area contributed by atoms with Crippen LogP contribution in [0.4, 0.5) is 5.69 Å². The summed E-state index contributed by atoms with van der Waals surface area (Å²) in [6.07, 6.45) is 8.83. The highest BCUT2D eigenvalue weighted by Crippen LogP contribution is 2.31. The Balaban J connectivity index is 0.827. The molecule has 0 aliphatic carbocycles. The van der Waals surface area contributed by atoms with Gasteiger partial charge in [0, 0.05) is 59.8 Å². The first-order chi connectivity index (χ1) is 23.8. The van der Waals surface area contributed by atoms with Crippen molar-refractivity contribution in [2.24, 2.45) is 0 Å². The maximum Gasteiger partial charge on any atom is 0.262 e. The minimum Gasteiger partial charge on any atom is -0.385 e. The predicted octanol–water partition coefficient (Wildman–Crippen LogP) is 5.10. The Labute approximate surface area is 291 Å². The van der Waals surface area contributed by atoms with Crippen LogP contribution in [-0.4, -0.2) is 79.8 Å². The van der Waals surface area contributed by atoms with Crippen molar-refractivity contribution in [1.29, 1.82) is 0 Å². The van der Waals surface area contributed by atoms with E-state index in [2.05, 4.69) is 43.9 Å². The number of halogens is 1. The van der Waals surface area contributed by atoms with Crippen LogP contribution in [-0.2, 0) is 14.4 Å². The van der Waals surface area contributed by atoms with Crippen molar-refractivity contribution >= 4 is 62.1 Å². The van der Waals surface area contributed by atoms with Crippen molar-refractivity contribution in [2.75, 3.05) is 25.0 Å². The van der Waals surface area contributed by atoms with Gasteiger partial charge in [0.05, 0.1) is 34.6 Å². The highest BCUT2D eigenvalue weighted by molar-refractivity contribution is 9.10. The number of para-hydroxylation sites is 1. The molecule has 4 aromatic rings. The Morgan fingerprint density at radius 2 is 1.76 bits per heavy atom. The summed E-state index contributed by atoms with van der Waals surface area (Å²) in [7, 11) is 0. The molecule has 0 saturated carbocycles. The van der Waals surface area contributed by atoms with Crippen LogP contribution in [0.1, 0.15) is 78.1 Å². The number of nitrogens with zero attached hydrogens (tertiary/aromatic N) is 5. The van der Waals surface area contributed by atoms with Gasteiger partial charge < -0.3 is 10.2 Å². The van der Waals surface area contributed by atoms with E-state index in [1.165, 1.54) is 0 Å². The summed E-state index contributed by atoms with van der Waals surface area (Å²) >= 11 is 3.60. The Kier molecular flexibility index (Phi) is 9.26. The lowest BCUT2D eigenvalue weighted by Gasteiger charge is -2.32. The van der Waals surface area contributed by atoms with Crippen LogP contribution in [0.5, 0.6) is 0 Å². The van der Waals surface area contributed by atoms with Crippen molar-refractivity contribution in [1.82, 2.24) is 29.9 Å². The van der Waals surface area contributed by atoms with Gasteiger partial charge >= 0.3 is 0 Å². The van der Waals surface area contributed by atoms with Crippen molar-refractivity contribution in [2.45, 2.75) is 63.5 Å². The molecule has 2 fully saturated rings. The third-order valence-electron chi connectivity index (χ3n) is 9.60. The lowest BCUT2D eigenvalue weighted by molar-refractivity contribution is -0.136. The number of hydrogen-bond donors (Lipinski definition) is 2. The van der Waals surface area contributed by atoms with Crippen LogP contribution >= 0.6 is 15.9 Å². The summed E-state index contributed by atoms with van der Waals surface area (Å²) in [5.41, 5.74) is 3.98. The molecule has 2 aromatic heterocycles. The topological polar surface area (TPSA) is 147 Å². The van der Waals surface area contributed by atoms with Crippen LogP contribution in [0, 0.1) is 0 Å². The molecule has 7 rings (SSSR count). The number of aromatic nitrogens is 3. The lowest BCUT2D eigenvalue weighted by atomic mass is 10.0. The Morgan fingerprint density at radius 3 is 2.57 bits per heavy atom. The summed E-state index contributed by atoms with van der Waals surface area (Å²) in [5.74, 6) is -1.89. The van der Waals surface area contributed by atoms with Gasteiger partial charge in [-0.05, 0) is 78.4 Å². The fraction of sp³-hybridized carbons (Fsp3) is 0.361. The molecule has 0 radical (unpaired) electrons. The highest BCUT2D eigenvalue weighted by Gasteiger charge is 2.44. The number of nitrogens with one attached hydrogen (secondary N) is 2. The molecule has 2 N–H and O–H groups in total. The number of unbranched alkanes of at least 4 members (excludes halogenated alkanes) is 2. The molecule has 252 valence electrons. The van der Waals surface area contributed by atoms with Gasteiger partial charge in [0.1, 0.15) is 6.04 Å². The number of carbonyl (C=O) groups is 5. The van der Waals surface area contributed by atoms with E-state index in [0.717, 1.165) is 63.6 Å². The summed E-state index contributed by atoms with van der Waals surface area (Å²) < 4.78 is 2.98. The van der Waals surface area contributed by atoms with Crippen LogP contribution in [0.2, 0.25) is 0 Å². The van der Waals surface area contributed by atoms with Crippen molar-refractivity contribution < 1.29 is 24.0 Å². The number of rotatable bonds is 10. The molecule has 49 heavy (non-hydrogen) atoms. The zero-order chi connectivity index (χ0) is 34.1. The van der Waals surface area contributed by atoms with E-state index in [1.807, 2.05) is 40.0 Å². The second kappa shape index (κ2) is 13.9. The van der Waals surface area contributed by atoms with E-state index in [1.54, 1.807) is 18.2 Å². The predicted molar refractivity (Wildman–Crippen MR) is 186 cm³/mol. The SMILES string of the molecule is O=C1CCC(N2C(=O)c3ccc(NCCCCCC(=O)N4CCC(n5cc(-c6ccc7cccc(Br)c7n6)cn5)CC4)cc3C2=O)C(=O)N1. The fourth-order valence-corrected chi connectivity index (χ4v) is 7.34. The largest absolute Gasteiger partial charge is 0.385 e. The van der Waals surface area contributed by atoms with Gasteiger partial charge in [0.15, 0.2) is 0 Å². The third-order valence-corrected chi connectivity index (χ3v) is 10.2. The van der Waals surface area contributed by atoms with Crippen LogP contribution in [0.25, 0.3) is 22.2 Å². The number of imide groups is 2. The fourth-order valence-electron chi connectivity index (χ4n) is 6.87. The molecule has 0 spiro atoms. The second-order valence-electron chi connectivity index (χ2n) is 12.8. The first-order valence-corrected chi connectivity index (χ1v) is 17.5. The molecule has 12 nitrogen and oxygen atoms in total. The van der Waals surface area contributed by atoms with E-state index < -0.39 is 29.7 Å². The van der Waals surface area contributed by atoms with Crippen LogP contribution in [0.15, 0.2) is 65.4 Å². The number of piperidine rings is 2. The van der Waals surface area contributed by atoms with E-state index in [-0.39, 0.29) is 35.9 Å². The number of fused-ring (bicyclic) bond motifs is 2. The van der Waals surface area contributed by atoms with Crippen molar-refractivity contribution in [3.8, 4) is 11.3 Å². The molecule has 5 heterocycles. The molecule has 5 amide bonds. The maximum atomic E-state index is 13.1. The van der Waals surface area contributed by atoms with Gasteiger partial charge in [0.2, 0.25) is 17.7 Å². The quantitative estimate of drug-likeness (QED) is 0.170. The lowest BCUT2D eigenvalue weighted by Crippen LogP contribution is -2.54. The molecule has 2 aromatic carbocycles. The molecule has 13 heteroatoms. The van der Waals surface area contributed by atoms with Crippen LogP contribution in [0.3, 0.4) is 0 Å². The first kappa shape index (κ1) is 32.6. The van der Waals surface area contributed by atoms with E-state index >= 15 is 0 Å². The van der Waals surface area contributed by atoms with Gasteiger partial charge in [-0.25, -0.2) is 4.98 Å². The third kappa shape index (κ3) is 6.71. The molecule has 0 bridgehead atoms. The molecular formula is C36H36BrN7O5. The molecule has 3 aliphatic rings. The number of hydrogen-bond acceptors (Lipinski definition) is 8. The minimum absolute atomic E-state index is 0.0817. The Bertz CT molecular complexity index is 1970. The standard InChI is InChI=1S/C36H36BrN7O5/c37-28-6-4-5-22-8-11-29(40-33(22)28)23-20-39-43(21-23)25-14-17-42(18-15-25)32(46)7-2-1-3-16-38-24-9-10-26-27(19-24)36(49)44(35(26)48)30-12-13-31(45)41-34(30)47/h4-6,8-11,19-21,25,30,38H,1-3,7,12-18H2,(H,41,45,47). The molecule has 3 aliphatic heterocycles. The van der Waals surface area contributed by atoms with Gasteiger partial charge in [-0.15, -0.1) is 0 Å². The summed E-state index contributed by atoms with van der Waals surface area (Å²) in [6.45, 7) is 2.07. The van der Waals surface area contributed by atoms with E-state index in [4.69, 9.17) is 4.98 Å². The number of amides is 5. The average molecular weight is 727 g/mol. The molecule has 1 atom stereocenters. The summed E-state index contributed by atoms with van der Waals surface area (Å²) in [4.78, 5) is 70.4. The van der Waals surface area contributed by atoms with Gasteiger partial charge in [-0.2, -0.15) is 5.10 Å². The number of carbonyl (C=O) groups excluding carboxylic acids is 5. The first-order valence-electron chi connectivity index (χ1n) is 16.7. The highest BCUT2D eigenvalue weighted by atomic mass is 79.9. The van der Waals surface area contributed by atoms with Gasteiger partial charge in [-0.1, -0.05) is 24.6 Å². The Morgan fingerprint density at radius 1 is 0.939 bits per heavy atom. The molecule has 2 saturated heterocycles. The second-order valence-corrected chi connectivity index (χ2v) is 13.6. The number of pyridine rings is 1. The van der Waals surface area contributed by atoms with Crippen molar-refractivity contribution in [3.63, 3.8) is 0 Å². The molecular weight excluding hydrogens is 690 g/mol. The monoisotopic (exact) mass is 725 g/mol. The molecule has 1 unspecified atom stereocenters. The maximum absolute atomic E-state index is 13.1. The zero-order valence-corrected chi connectivity index (χ0v) is 28.4. The van der Waals surface area contributed by atoms with E-state index in [9.17, 15) is 24.0 Å². The smallest absolute Gasteiger partial charge is 0.262 e. The van der Waals surface area contributed by atoms with Crippen molar-refractivity contribution in [3.05, 3.63) is 76.5 Å². The number of benzene rings is 2. The summed E-state index contributed by atoms with van der Waals surface area (Å²) in [5, 5.41) is 11.2. The number of likely N-dealkylation sites (tertiary alicyclic amines) is 1. The van der Waals surface area contributed by atoms with Gasteiger partial charge in [0.25, 0.3) is 11.8 Å². The zero-order valence-electron chi connectivity index (χ0n) is 26.9. The average Bonchev–Trinajstić information content (AvgIpc) is 3.69. The number of anilines is 1. The van der Waals surface area contributed by atoms with Crippen LogP contribution < -0.4 is 10.6 Å².